The van der Waals surface area contributed by atoms with Crippen LogP contribution < -0.4 is 5.32 Å². The van der Waals surface area contributed by atoms with Crippen LogP contribution >= 0.6 is 0 Å². The van der Waals surface area contributed by atoms with E-state index in [1.165, 1.54) is 16.8 Å². The van der Waals surface area contributed by atoms with Gasteiger partial charge in [-0.1, -0.05) is 46.9 Å². The van der Waals surface area contributed by atoms with Gasteiger partial charge in [0, 0.05) is 11.4 Å². The first kappa shape index (κ1) is 15.8. The second kappa shape index (κ2) is 8.86. The molecule has 0 spiro atoms. The van der Waals surface area contributed by atoms with Gasteiger partial charge in [-0.05, 0) is 42.9 Å². The van der Waals surface area contributed by atoms with Crippen LogP contribution in [0.1, 0.15) is 53.4 Å². The topological polar surface area (TPSA) is 12.0 Å². The van der Waals surface area contributed by atoms with Gasteiger partial charge in [0.15, 0.2) is 0 Å². The fraction of sp³-hybridized carbons (Fsp3) is 0.500. The van der Waals surface area contributed by atoms with Gasteiger partial charge >= 0.3 is 0 Å². The lowest BCUT2D eigenvalue weighted by molar-refractivity contribution is 0.744. The van der Waals surface area contributed by atoms with Gasteiger partial charge in [0.25, 0.3) is 0 Å². The zero-order valence-electron chi connectivity index (χ0n) is 11.9. The van der Waals surface area contributed by atoms with E-state index in [9.17, 15) is 0 Å². The Balaban J connectivity index is 0.00000121. The summed E-state index contributed by atoms with van der Waals surface area (Å²) in [6, 6.07) is 0. The maximum absolute atomic E-state index is 3.99. The molecular weight excluding hydrogens is 206 g/mol. The minimum absolute atomic E-state index is 1.03. The van der Waals surface area contributed by atoms with E-state index in [-0.39, 0.29) is 0 Å². The molecule has 1 nitrogen and oxygen atoms in total. The second-order valence-corrected chi connectivity index (χ2v) is 3.88. The summed E-state index contributed by atoms with van der Waals surface area (Å²) in [6.45, 7) is 16.2. The van der Waals surface area contributed by atoms with Gasteiger partial charge in [-0.15, -0.1) is 0 Å². The smallest absolute Gasteiger partial charge is 0.0376 e. The molecule has 1 N–H and O–H groups in total. The molecule has 0 aliphatic carbocycles. The number of hydrogen-bond donors (Lipinski definition) is 1. The van der Waals surface area contributed by atoms with Crippen LogP contribution in [0, 0.1) is 0 Å². The first-order chi connectivity index (χ1) is 8.21. The summed E-state index contributed by atoms with van der Waals surface area (Å²) in [6.07, 6.45) is 8.48. The van der Waals surface area contributed by atoms with E-state index >= 15 is 0 Å². The molecule has 96 valence electrons. The van der Waals surface area contributed by atoms with Crippen molar-refractivity contribution in [1.82, 2.24) is 5.32 Å². The van der Waals surface area contributed by atoms with Crippen molar-refractivity contribution in [2.75, 3.05) is 0 Å². The van der Waals surface area contributed by atoms with E-state index < -0.39 is 0 Å². The van der Waals surface area contributed by atoms with Gasteiger partial charge in [0.2, 0.25) is 0 Å². The van der Waals surface area contributed by atoms with Crippen LogP contribution in [0.25, 0.3) is 0 Å². The molecule has 0 fully saturated rings. The molecule has 0 aromatic carbocycles. The molecule has 0 saturated heterocycles. The maximum atomic E-state index is 3.99. The maximum Gasteiger partial charge on any atom is 0.0376 e. The van der Waals surface area contributed by atoms with Crippen LogP contribution in [0.2, 0.25) is 0 Å². The SMILES string of the molecule is C=C/C(=C\C1=C(CC)CCC(=C)N1)CC.CC. The van der Waals surface area contributed by atoms with Crippen molar-refractivity contribution in [3.05, 3.63) is 47.9 Å². The molecule has 1 heteroatoms. The highest BCUT2D eigenvalue weighted by Crippen LogP contribution is 2.24. The van der Waals surface area contributed by atoms with Crippen molar-refractivity contribution in [2.24, 2.45) is 0 Å². The lowest BCUT2D eigenvalue weighted by atomic mass is 9.98. The summed E-state index contributed by atoms with van der Waals surface area (Å²) in [5.41, 5.74) is 5.14. The predicted molar refractivity (Wildman–Crippen MR) is 78.7 cm³/mol. The highest BCUT2D eigenvalue weighted by molar-refractivity contribution is 5.36. The van der Waals surface area contributed by atoms with E-state index in [1.54, 1.807) is 0 Å². The van der Waals surface area contributed by atoms with Crippen molar-refractivity contribution in [2.45, 2.75) is 53.4 Å². The van der Waals surface area contributed by atoms with Crippen molar-refractivity contribution >= 4 is 0 Å². The predicted octanol–water partition coefficient (Wildman–Crippen LogP) is 5.10. The first-order valence-corrected chi connectivity index (χ1v) is 6.71. The zero-order valence-corrected chi connectivity index (χ0v) is 11.9. The Morgan fingerprint density at radius 3 is 2.41 bits per heavy atom. The normalized spacial score (nSPS) is 16.0. The number of nitrogens with one attached hydrogen (secondary N) is 1. The summed E-state index contributed by atoms with van der Waals surface area (Å²) < 4.78 is 0. The van der Waals surface area contributed by atoms with Gasteiger partial charge in [-0.2, -0.15) is 0 Å². The Morgan fingerprint density at radius 1 is 1.29 bits per heavy atom. The second-order valence-electron chi connectivity index (χ2n) is 3.88. The molecular formula is C16H27N. The number of rotatable bonds is 4. The summed E-state index contributed by atoms with van der Waals surface area (Å²) in [5.74, 6) is 0. The van der Waals surface area contributed by atoms with Crippen LogP contribution in [-0.2, 0) is 0 Å². The van der Waals surface area contributed by atoms with Crippen molar-refractivity contribution in [3.8, 4) is 0 Å². The van der Waals surface area contributed by atoms with Gasteiger partial charge < -0.3 is 5.32 Å². The molecule has 0 radical (unpaired) electrons. The van der Waals surface area contributed by atoms with Gasteiger partial charge in [-0.3, -0.25) is 0 Å². The lowest BCUT2D eigenvalue weighted by Crippen LogP contribution is -2.18. The third-order valence-corrected chi connectivity index (χ3v) is 2.85. The Bertz CT molecular complexity index is 318. The molecule has 1 aliphatic heterocycles. The molecule has 1 heterocycles. The number of hydrogen-bond acceptors (Lipinski definition) is 1. The third-order valence-electron chi connectivity index (χ3n) is 2.85. The van der Waals surface area contributed by atoms with Crippen LogP contribution in [0.3, 0.4) is 0 Å². The van der Waals surface area contributed by atoms with Crippen molar-refractivity contribution in [3.63, 3.8) is 0 Å². The average Bonchev–Trinajstić information content (AvgIpc) is 2.38. The first-order valence-electron chi connectivity index (χ1n) is 6.71. The fourth-order valence-electron chi connectivity index (χ4n) is 1.77. The van der Waals surface area contributed by atoms with Gasteiger partial charge in [0.1, 0.15) is 0 Å². The summed E-state index contributed by atoms with van der Waals surface area (Å²) in [7, 11) is 0. The largest absolute Gasteiger partial charge is 0.359 e. The highest BCUT2D eigenvalue weighted by atomic mass is 14.9. The minimum atomic E-state index is 1.03. The van der Waals surface area contributed by atoms with Gasteiger partial charge in [0.05, 0.1) is 0 Å². The molecule has 0 saturated carbocycles. The Hall–Kier alpha value is -1.24. The Kier molecular flexibility index (Phi) is 8.21. The fourth-order valence-corrected chi connectivity index (χ4v) is 1.77. The highest BCUT2D eigenvalue weighted by Gasteiger charge is 2.11. The molecule has 0 atom stereocenters. The number of allylic oxidation sites excluding steroid dienone is 5. The van der Waals surface area contributed by atoms with Crippen molar-refractivity contribution < 1.29 is 0 Å². The van der Waals surface area contributed by atoms with E-state index in [4.69, 9.17) is 0 Å². The van der Waals surface area contributed by atoms with Crippen LogP contribution in [0.4, 0.5) is 0 Å². The van der Waals surface area contributed by atoms with Crippen LogP contribution in [-0.4, -0.2) is 0 Å². The zero-order chi connectivity index (χ0) is 13.3. The van der Waals surface area contributed by atoms with E-state index in [1.807, 2.05) is 19.9 Å². The molecule has 0 amide bonds. The van der Waals surface area contributed by atoms with Crippen LogP contribution in [0.5, 0.6) is 0 Å². The summed E-state index contributed by atoms with van der Waals surface area (Å²) in [4.78, 5) is 0. The van der Waals surface area contributed by atoms with Crippen LogP contribution in [0.15, 0.2) is 47.9 Å². The quantitative estimate of drug-likeness (QED) is 0.666. The summed E-state index contributed by atoms with van der Waals surface area (Å²) >= 11 is 0. The standard InChI is InChI=1S/C14H21N.C2H6/c1-5-12(6-2)10-14-13(7-3)9-8-11(4)15-14;1-2/h5,10,15H,1,4,6-9H2,2-3H3;1-2H3/b12-10+;. The third kappa shape index (κ3) is 5.08. The molecule has 0 unspecified atom stereocenters. The monoisotopic (exact) mass is 233 g/mol. The molecule has 0 aromatic rings. The molecule has 17 heavy (non-hydrogen) atoms. The summed E-state index contributed by atoms with van der Waals surface area (Å²) in [5, 5.41) is 3.38. The van der Waals surface area contributed by atoms with E-state index in [0.29, 0.717) is 0 Å². The van der Waals surface area contributed by atoms with E-state index in [0.717, 1.165) is 31.4 Å². The molecule has 0 bridgehead atoms. The van der Waals surface area contributed by atoms with Gasteiger partial charge in [-0.25, -0.2) is 0 Å². The Morgan fingerprint density at radius 2 is 1.94 bits per heavy atom. The average molecular weight is 233 g/mol. The molecule has 0 aromatic heterocycles. The molecule has 1 aliphatic rings. The van der Waals surface area contributed by atoms with E-state index in [2.05, 4.69) is 38.4 Å². The Labute approximate surface area is 107 Å². The molecule has 1 rings (SSSR count). The van der Waals surface area contributed by atoms with Crippen molar-refractivity contribution in [1.29, 1.82) is 0 Å². The lowest BCUT2D eigenvalue weighted by Gasteiger charge is -2.22. The minimum Gasteiger partial charge on any atom is -0.359 e.